The molecule has 0 unspecified atom stereocenters. The zero-order valence-corrected chi connectivity index (χ0v) is 15.2. The van der Waals surface area contributed by atoms with E-state index in [0.717, 1.165) is 47.7 Å². The summed E-state index contributed by atoms with van der Waals surface area (Å²) in [5.41, 5.74) is 1.10. The van der Waals surface area contributed by atoms with Crippen molar-refractivity contribution in [2.75, 3.05) is 37.5 Å². The number of aromatic nitrogens is 2. The van der Waals surface area contributed by atoms with Crippen LogP contribution in [0.3, 0.4) is 0 Å². The number of methoxy groups -OCH3 is 2. The molecule has 0 radical (unpaired) electrons. The summed E-state index contributed by atoms with van der Waals surface area (Å²) in [6.45, 7) is 5.10. The molecule has 0 saturated carbocycles. The van der Waals surface area contributed by atoms with Crippen molar-refractivity contribution < 1.29 is 9.47 Å². The number of anilines is 2. The van der Waals surface area contributed by atoms with E-state index in [0.29, 0.717) is 6.54 Å². The number of hydrogen-bond donors (Lipinski definition) is 1. The van der Waals surface area contributed by atoms with Crippen LogP contribution in [0.2, 0.25) is 0 Å². The van der Waals surface area contributed by atoms with Crippen LogP contribution in [0, 0.1) is 5.92 Å². The molecule has 1 N–H and O–H groups in total. The van der Waals surface area contributed by atoms with Crippen molar-refractivity contribution in [3.8, 4) is 11.5 Å². The highest BCUT2D eigenvalue weighted by Crippen LogP contribution is 2.28. The fourth-order valence-corrected chi connectivity index (χ4v) is 3.04. The highest BCUT2D eigenvalue weighted by atomic mass is 16.5. The summed E-state index contributed by atoms with van der Waals surface area (Å²) in [7, 11) is 3.28. The minimum atomic E-state index is 0.661. The van der Waals surface area contributed by atoms with Crippen LogP contribution < -0.4 is 19.7 Å². The van der Waals surface area contributed by atoms with Gasteiger partial charge in [0.15, 0.2) is 11.5 Å². The van der Waals surface area contributed by atoms with Gasteiger partial charge in [-0.2, -0.15) is 0 Å². The molecule has 6 nitrogen and oxygen atoms in total. The third-order valence-corrected chi connectivity index (χ3v) is 4.68. The predicted octanol–water partition coefficient (Wildman–Crippen LogP) is 3.34. The van der Waals surface area contributed by atoms with Gasteiger partial charge in [-0.15, -0.1) is 0 Å². The van der Waals surface area contributed by atoms with E-state index < -0.39 is 0 Å². The molecular formula is C19H26N4O2. The number of piperidine rings is 1. The van der Waals surface area contributed by atoms with Gasteiger partial charge in [0.2, 0.25) is 0 Å². The van der Waals surface area contributed by atoms with Crippen molar-refractivity contribution in [3.05, 3.63) is 36.2 Å². The van der Waals surface area contributed by atoms with Gasteiger partial charge in [-0.1, -0.05) is 13.0 Å². The molecule has 1 fully saturated rings. The fraction of sp³-hybridized carbons (Fsp3) is 0.474. The molecule has 0 spiro atoms. The largest absolute Gasteiger partial charge is 0.493 e. The molecule has 0 aliphatic carbocycles. The van der Waals surface area contributed by atoms with Crippen molar-refractivity contribution in [2.24, 2.45) is 5.92 Å². The molecule has 1 aliphatic rings. The molecule has 0 atom stereocenters. The number of benzene rings is 1. The highest BCUT2D eigenvalue weighted by molar-refractivity contribution is 5.49. The molecule has 25 heavy (non-hydrogen) atoms. The molecule has 0 bridgehead atoms. The number of hydrogen-bond acceptors (Lipinski definition) is 6. The summed E-state index contributed by atoms with van der Waals surface area (Å²) < 4.78 is 10.6. The summed E-state index contributed by atoms with van der Waals surface area (Å²) in [5.74, 6) is 4.10. The van der Waals surface area contributed by atoms with Gasteiger partial charge in [0.1, 0.15) is 18.0 Å². The Balaban J connectivity index is 1.64. The third-order valence-electron chi connectivity index (χ3n) is 4.68. The summed E-state index contributed by atoms with van der Waals surface area (Å²) in [5, 5.41) is 3.36. The Morgan fingerprint density at radius 3 is 2.56 bits per heavy atom. The predicted molar refractivity (Wildman–Crippen MR) is 99.5 cm³/mol. The molecule has 1 aliphatic heterocycles. The van der Waals surface area contributed by atoms with Crippen LogP contribution in [0.4, 0.5) is 11.6 Å². The van der Waals surface area contributed by atoms with Gasteiger partial charge >= 0.3 is 0 Å². The molecule has 1 saturated heterocycles. The summed E-state index contributed by atoms with van der Waals surface area (Å²) in [4.78, 5) is 11.1. The Morgan fingerprint density at radius 1 is 1.08 bits per heavy atom. The van der Waals surface area contributed by atoms with Gasteiger partial charge in [0, 0.05) is 25.7 Å². The number of nitrogens with zero attached hydrogens (tertiary/aromatic N) is 3. The van der Waals surface area contributed by atoms with Crippen LogP contribution >= 0.6 is 0 Å². The normalized spacial score (nSPS) is 15.1. The Hall–Kier alpha value is -2.50. The Kier molecular flexibility index (Phi) is 5.58. The quantitative estimate of drug-likeness (QED) is 0.869. The first-order valence-corrected chi connectivity index (χ1v) is 8.71. The van der Waals surface area contributed by atoms with E-state index in [1.807, 2.05) is 24.3 Å². The molecule has 3 rings (SSSR count). The monoisotopic (exact) mass is 342 g/mol. The molecule has 0 amide bonds. The minimum Gasteiger partial charge on any atom is -0.493 e. The van der Waals surface area contributed by atoms with Crippen LogP contribution in [0.5, 0.6) is 11.5 Å². The van der Waals surface area contributed by atoms with Gasteiger partial charge in [0.25, 0.3) is 0 Å². The molecule has 134 valence electrons. The standard InChI is InChI=1S/C19H26N4O2/c1-14-6-8-23(9-7-14)19-11-18(21-13-22-19)20-12-15-4-5-16(24-2)17(10-15)25-3/h4-5,10-11,13-14H,6-9,12H2,1-3H3,(H,20,21,22). The Labute approximate surface area is 149 Å². The van der Waals surface area contributed by atoms with E-state index in [1.165, 1.54) is 12.8 Å². The van der Waals surface area contributed by atoms with Gasteiger partial charge in [-0.3, -0.25) is 0 Å². The highest BCUT2D eigenvalue weighted by Gasteiger charge is 2.17. The number of nitrogens with one attached hydrogen (secondary N) is 1. The van der Waals surface area contributed by atoms with Crippen molar-refractivity contribution in [1.29, 1.82) is 0 Å². The van der Waals surface area contributed by atoms with E-state index >= 15 is 0 Å². The first kappa shape index (κ1) is 17.3. The first-order chi connectivity index (χ1) is 12.2. The lowest BCUT2D eigenvalue weighted by Gasteiger charge is -2.31. The second-order valence-corrected chi connectivity index (χ2v) is 6.47. The fourth-order valence-electron chi connectivity index (χ4n) is 3.04. The average Bonchev–Trinajstić information content (AvgIpc) is 2.67. The summed E-state index contributed by atoms with van der Waals surface area (Å²) >= 11 is 0. The second kappa shape index (κ2) is 8.05. The third kappa shape index (κ3) is 4.32. The molecular weight excluding hydrogens is 316 g/mol. The van der Waals surface area contributed by atoms with Crippen LogP contribution in [0.25, 0.3) is 0 Å². The topological polar surface area (TPSA) is 59.5 Å². The van der Waals surface area contributed by atoms with Crippen LogP contribution in [-0.4, -0.2) is 37.3 Å². The lowest BCUT2D eigenvalue weighted by atomic mass is 9.99. The van der Waals surface area contributed by atoms with Gasteiger partial charge in [-0.25, -0.2) is 9.97 Å². The number of rotatable bonds is 6. The lowest BCUT2D eigenvalue weighted by molar-refractivity contribution is 0.354. The maximum absolute atomic E-state index is 5.35. The van der Waals surface area contributed by atoms with Crippen molar-refractivity contribution in [1.82, 2.24) is 9.97 Å². The molecule has 6 heteroatoms. The SMILES string of the molecule is COc1ccc(CNc2cc(N3CCC(C)CC3)ncn2)cc1OC. The second-order valence-electron chi connectivity index (χ2n) is 6.47. The van der Waals surface area contributed by atoms with E-state index in [4.69, 9.17) is 9.47 Å². The van der Waals surface area contributed by atoms with Crippen molar-refractivity contribution in [2.45, 2.75) is 26.3 Å². The molecule has 2 aromatic rings. The number of ether oxygens (including phenoxy) is 2. The van der Waals surface area contributed by atoms with Gasteiger partial charge < -0.3 is 19.7 Å². The van der Waals surface area contributed by atoms with Crippen LogP contribution in [0.1, 0.15) is 25.3 Å². The summed E-state index contributed by atoms with van der Waals surface area (Å²) in [6, 6.07) is 7.93. The van der Waals surface area contributed by atoms with E-state index in [1.54, 1.807) is 20.5 Å². The molecule has 2 heterocycles. The maximum Gasteiger partial charge on any atom is 0.161 e. The lowest BCUT2D eigenvalue weighted by Crippen LogP contribution is -2.33. The van der Waals surface area contributed by atoms with E-state index in [-0.39, 0.29) is 0 Å². The first-order valence-electron chi connectivity index (χ1n) is 8.71. The molecule has 1 aromatic heterocycles. The van der Waals surface area contributed by atoms with Crippen molar-refractivity contribution >= 4 is 11.6 Å². The zero-order chi connectivity index (χ0) is 17.6. The molecule has 1 aromatic carbocycles. The minimum absolute atomic E-state index is 0.661. The Morgan fingerprint density at radius 2 is 1.84 bits per heavy atom. The van der Waals surface area contributed by atoms with Gasteiger partial charge in [-0.05, 0) is 36.5 Å². The van der Waals surface area contributed by atoms with Gasteiger partial charge in [0.05, 0.1) is 14.2 Å². The average molecular weight is 342 g/mol. The van der Waals surface area contributed by atoms with Crippen LogP contribution in [0.15, 0.2) is 30.6 Å². The van der Waals surface area contributed by atoms with E-state index in [2.05, 4.69) is 27.1 Å². The van der Waals surface area contributed by atoms with E-state index in [9.17, 15) is 0 Å². The summed E-state index contributed by atoms with van der Waals surface area (Å²) in [6.07, 6.45) is 4.07. The van der Waals surface area contributed by atoms with Crippen LogP contribution in [-0.2, 0) is 6.54 Å². The van der Waals surface area contributed by atoms with Crippen molar-refractivity contribution in [3.63, 3.8) is 0 Å². The Bertz CT molecular complexity index is 700. The zero-order valence-electron chi connectivity index (χ0n) is 15.2. The maximum atomic E-state index is 5.35. The smallest absolute Gasteiger partial charge is 0.161 e.